The molecule has 5 heteroatoms. The highest BCUT2D eigenvalue weighted by Crippen LogP contribution is 2.27. The van der Waals surface area contributed by atoms with Crippen molar-refractivity contribution >= 4 is 5.97 Å². The number of aryl methyl sites for hydroxylation is 2. The van der Waals surface area contributed by atoms with Gasteiger partial charge in [-0.1, -0.05) is 6.92 Å². The number of carboxylic acid groups (broad SMARTS) is 1. The third-order valence-electron chi connectivity index (χ3n) is 2.55. The monoisotopic (exact) mass is 249 g/mol. The minimum atomic E-state index is -1.18. The van der Waals surface area contributed by atoms with Crippen LogP contribution in [0.4, 0.5) is 4.39 Å². The number of oxazole rings is 1. The van der Waals surface area contributed by atoms with E-state index >= 15 is 0 Å². The molecule has 1 N–H and O–H groups in total. The molecule has 0 aliphatic rings. The largest absolute Gasteiger partial charge is 0.478 e. The van der Waals surface area contributed by atoms with Gasteiger partial charge >= 0.3 is 5.97 Å². The fourth-order valence-electron chi connectivity index (χ4n) is 1.78. The molecule has 0 saturated carbocycles. The van der Waals surface area contributed by atoms with E-state index in [1.807, 2.05) is 6.92 Å². The molecule has 0 spiro atoms. The number of aromatic carboxylic acids is 1. The van der Waals surface area contributed by atoms with E-state index in [1.165, 1.54) is 12.1 Å². The van der Waals surface area contributed by atoms with E-state index in [4.69, 9.17) is 9.52 Å². The number of benzene rings is 1. The van der Waals surface area contributed by atoms with Crippen LogP contribution in [0.2, 0.25) is 0 Å². The van der Waals surface area contributed by atoms with Gasteiger partial charge in [0.25, 0.3) is 0 Å². The topological polar surface area (TPSA) is 63.3 Å². The average Bonchev–Trinajstić information content (AvgIpc) is 2.69. The number of halogens is 1. The van der Waals surface area contributed by atoms with Crippen LogP contribution in [0.1, 0.15) is 28.9 Å². The first-order chi connectivity index (χ1) is 8.51. The normalized spacial score (nSPS) is 10.6. The molecule has 0 bridgehead atoms. The van der Waals surface area contributed by atoms with Crippen molar-refractivity contribution in [3.8, 4) is 11.3 Å². The SMILES string of the molecule is CCc1nc(C)oc1-c1cc(F)cc(C(=O)O)c1. The van der Waals surface area contributed by atoms with E-state index in [0.29, 0.717) is 29.3 Å². The minimum Gasteiger partial charge on any atom is -0.478 e. The molecule has 0 amide bonds. The summed E-state index contributed by atoms with van der Waals surface area (Å²) in [6, 6.07) is 3.59. The van der Waals surface area contributed by atoms with Gasteiger partial charge in [-0.3, -0.25) is 0 Å². The lowest BCUT2D eigenvalue weighted by atomic mass is 10.1. The standard InChI is InChI=1S/C13H12FNO3/c1-3-11-12(18-7(2)15-11)8-4-9(13(16)17)6-10(14)5-8/h4-6H,3H2,1-2H3,(H,16,17). The van der Waals surface area contributed by atoms with Crippen molar-refractivity contribution < 1.29 is 18.7 Å². The van der Waals surface area contributed by atoms with E-state index in [9.17, 15) is 9.18 Å². The molecule has 0 radical (unpaired) electrons. The van der Waals surface area contributed by atoms with E-state index < -0.39 is 11.8 Å². The zero-order valence-electron chi connectivity index (χ0n) is 10.0. The average molecular weight is 249 g/mol. The smallest absolute Gasteiger partial charge is 0.335 e. The third-order valence-corrected chi connectivity index (χ3v) is 2.55. The van der Waals surface area contributed by atoms with E-state index in [0.717, 1.165) is 6.07 Å². The van der Waals surface area contributed by atoms with Crippen molar-refractivity contribution in [1.82, 2.24) is 4.98 Å². The van der Waals surface area contributed by atoms with Crippen molar-refractivity contribution in [2.75, 3.05) is 0 Å². The highest BCUT2D eigenvalue weighted by molar-refractivity contribution is 5.89. The van der Waals surface area contributed by atoms with Crippen molar-refractivity contribution in [3.63, 3.8) is 0 Å². The number of carbonyl (C=O) groups is 1. The maximum Gasteiger partial charge on any atom is 0.335 e. The molecule has 1 heterocycles. The Labute approximate surface area is 103 Å². The Morgan fingerprint density at radius 1 is 1.44 bits per heavy atom. The first-order valence-electron chi connectivity index (χ1n) is 5.51. The number of aromatic nitrogens is 1. The fourth-order valence-corrected chi connectivity index (χ4v) is 1.78. The van der Waals surface area contributed by atoms with E-state index in [2.05, 4.69) is 4.98 Å². The molecular formula is C13H12FNO3. The molecule has 18 heavy (non-hydrogen) atoms. The minimum absolute atomic E-state index is 0.110. The zero-order valence-corrected chi connectivity index (χ0v) is 10.0. The number of hydrogen-bond acceptors (Lipinski definition) is 3. The summed E-state index contributed by atoms with van der Waals surface area (Å²) >= 11 is 0. The van der Waals surface area contributed by atoms with Crippen LogP contribution < -0.4 is 0 Å². The molecule has 2 rings (SSSR count). The predicted molar refractivity (Wildman–Crippen MR) is 63.0 cm³/mol. The van der Waals surface area contributed by atoms with Crippen molar-refractivity contribution in [2.45, 2.75) is 20.3 Å². The number of rotatable bonds is 3. The van der Waals surface area contributed by atoms with Gasteiger partial charge in [-0.25, -0.2) is 14.2 Å². The molecule has 0 aliphatic heterocycles. The molecule has 0 atom stereocenters. The summed E-state index contributed by atoms with van der Waals surface area (Å²) in [5.74, 6) is -0.883. The molecule has 1 aromatic carbocycles. The van der Waals surface area contributed by atoms with Gasteiger partial charge in [-0.05, 0) is 24.6 Å². The molecule has 94 valence electrons. The maximum atomic E-state index is 13.4. The van der Waals surface area contributed by atoms with Crippen LogP contribution in [-0.4, -0.2) is 16.1 Å². The van der Waals surface area contributed by atoms with Gasteiger partial charge in [0, 0.05) is 12.5 Å². The Bertz CT molecular complexity index is 604. The van der Waals surface area contributed by atoms with Crippen LogP contribution in [-0.2, 0) is 6.42 Å². The molecule has 0 saturated heterocycles. The van der Waals surface area contributed by atoms with Crippen LogP contribution in [0, 0.1) is 12.7 Å². The number of carboxylic acids is 1. The highest BCUT2D eigenvalue weighted by Gasteiger charge is 2.15. The first kappa shape index (κ1) is 12.3. The molecule has 0 unspecified atom stereocenters. The summed E-state index contributed by atoms with van der Waals surface area (Å²) in [4.78, 5) is 15.1. The van der Waals surface area contributed by atoms with Gasteiger partial charge in [0.15, 0.2) is 11.7 Å². The second-order valence-electron chi connectivity index (χ2n) is 3.90. The van der Waals surface area contributed by atoms with Crippen LogP contribution in [0.15, 0.2) is 22.6 Å². The van der Waals surface area contributed by atoms with Crippen LogP contribution in [0.5, 0.6) is 0 Å². The Balaban J connectivity index is 2.59. The molecule has 4 nitrogen and oxygen atoms in total. The van der Waals surface area contributed by atoms with Gasteiger partial charge in [0.2, 0.25) is 0 Å². The predicted octanol–water partition coefficient (Wildman–Crippen LogP) is 3.05. The summed E-state index contributed by atoms with van der Waals surface area (Å²) in [6.07, 6.45) is 0.631. The number of hydrogen-bond donors (Lipinski definition) is 1. The van der Waals surface area contributed by atoms with Gasteiger partial charge in [-0.2, -0.15) is 0 Å². The summed E-state index contributed by atoms with van der Waals surface area (Å²) in [5.41, 5.74) is 0.973. The summed E-state index contributed by atoms with van der Waals surface area (Å²) in [5, 5.41) is 8.90. The quantitative estimate of drug-likeness (QED) is 0.908. The Hall–Kier alpha value is -2.17. The second kappa shape index (κ2) is 4.60. The summed E-state index contributed by atoms with van der Waals surface area (Å²) in [6.45, 7) is 3.60. The van der Waals surface area contributed by atoms with Crippen LogP contribution in [0.25, 0.3) is 11.3 Å². The zero-order chi connectivity index (χ0) is 13.3. The summed E-state index contributed by atoms with van der Waals surface area (Å²) in [7, 11) is 0. The summed E-state index contributed by atoms with van der Waals surface area (Å²) < 4.78 is 18.8. The second-order valence-corrected chi connectivity index (χ2v) is 3.90. The lowest BCUT2D eigenvalue weighted by Crippen LogP contribution is -1.98. The molecule has 1 aromatic heterocycles. The molecule has 0 aliphatic carbocycles. The number of nitrogens with zero attached hydrogens (tertiary/aromatic N) is 1. The van der Waals surface area contributed by atoms with Crippen molar-refractivity contribution in [2.24, 2.45) is 0 Å². The lowest BCUT2D eigenvalue weighted by molar-refractivity contribution is 0.0696. The Morgan fingerprint density at radius 3 is 2.78 bits per heavy atom. The van der Waals surface area contributed by atoms with Gasteiger partial charge in [0.1, 0.15) is 5.82 Å². The maximum absolute atomic E-state index is 13.4. The van der Waals surface area contributed by atoms with Crippen LogP contribution in [0.3, 0.4) is 0 Å². The van der Waals surface area contributed by atoms with E-state index in [-0.39, 0.29) is 5.56 Å². The van der Waals surface area contributed by atoms with E-state index in [1.54, 1.807) is 6.92 Å². The Morgan fingerprint density at radius 2 is 2.17 bits per heavy atom. The fraction of sp³-hybridized carbons (Fsp3) is 0.231. The van der Waals surface area contributed by atoms with Crippen LogP contribution >= 0.6 is 0 Å². The van der Waals surface area contributed by atoms with Gasteiger partial charge in [-0.15, -0.1) is 0 Å². The van der Waals surface area contributed by atoms with Crippen molar-refractivity contribution in [3.05, 3.63) is 41.2 Å². The Kier molecular flexibility index (Phi) is 3.14. The van der Waals surface area contributed by atoms with Gasteiger partial charge < -0.3 is 9.52 Å². The highest BCUT2D eigenvalue weighted by atomic mass is 19.1. The molecule has 2 aromatic rings. The first-order valence-corrected chi connectivity index (χ1v) is 5.51. The molecular weight excluding hydrogens is 237 g/mol. The lowest BCUT2D eigenvalue weighted by Gasteiger charge is -2.02. The molecule has 0 fully saturated rings. The van der Waals surface area contributed by atoms with Crippen molar-refractivity contribution in [1.29, 1.82) is 0 Å². The third kappa shape index (κ3) is 2.25. The van der Waals surface area contributed by atoms with Gasteiger partial charge in [0.05, 0.1) is 11.3 Å².